The Hall–Kier alpha value is -4.12. The van der Waals surface area contributed by atoms with E-state index in [0.717, 1.165) is 28.2 Å². The molecule has 1 heterocycles. The molecule has 2 aliphatic rings. The van der Waals surface area contributed by atoms with Crippen LogP contribution in [-0.2, 0) is 5.41 Å². The summed E-state index contributed by atoms with van der Waals surface area (Å²) >= 11 is 0. The molecule has 0 saturated carbocycles. The zero-order chi connectivity index (χ0) is 23.6. The highest BCUT2D eigenvalue weighted by molar-refractivity contribution is 6.58. The minimum Gasteiger partial charge on any atom is -0.423 e. The second kappa shape index (κ2) is 7.44. The van der Waals surface area contributed by atoms with Crippen LogP contribution in [0.1, 0.15) is 22.3 Å². The lowest BCUT2D eigenvalue weighted by atomic mass is 9.63. The maximum atomic E-state index is 10.1. The highest BCUT2D eigenvalue weighted by Gasteiger charge is 2.51. The van der Waals surface area contributed by atoms with Crippen molar-refractivity contribution in [3.05, 3.63) is 144 Å². The maximum absolute atomic E-state index is 10.1. The fourth-order valence-corrected chi connectivity index (χ4v) is 6.14. The van der Waals surface area contributed by atoms with Gasteiger partial charge in [0.05, 0.1) is 16.8 Å². The summed E-state index contributed by atoms with van der Waals surface area (Å²) in [5.41, 5.74) is 10.2. The number of benzene rings is 5. The van der Waals surface area contributed by atoms with Crippen molar-refractivity contribution in [2.75, 3.05) is 4.90 Å². The van der Waals surface area contributed by atoms with Crippen molar-refractivity contribution in [2.24, 2.45) is 0 Å². The molecular formula is C31H22BNO2. The van der Waals surface area contributed by atoms with E-state index in [4.69, 9.17) is 0 Å². The first-order chi connectivity index (χ1) is 17.2. The van der Waals surface area contributed by atoms with Gasteiger partial charge in [0.15, 0.2) is 0 Å². The third-order valence-corrected chi connectivity index (χ3v) is 7.48. The number of hydrogen-bond donors (Lipinski definition) is 2. The third-order valence-electron chi connectivity index (χ3n) is 7.48. The minimum absolute atomic E-state index is 0.497. The summed E-state index contributed by atoms with van der Waals surface area (Å²) in [6.07, 6.45) is 0. The number of hydrogen-bond acceptors (Lipinski definition) is 3. The Morgan fingerprint density at radius 2 is 1.06 bits per heavy atom. The molecule has 1 aliphatic carbocycles. The zero-order valence-electron chi connectivity index (χ0n) is 19.0. The molecule has 7 rings (SSSR count). The molecule has 3 nitrogen and oxygen atoms in total. The largest absolute Gasteiger partial charge is 0.488 e. The molecule has 166 valence electrons. The van der Waals surface area contributed by atoms with Crippen LogP contribution in [0.2, 0.25) is 0 Å². The van der Waals surface area contributed by atoms with Crippen molar-refractivity contribution < 1.29 is 10.0 Å². The van der Waals surface area contributed by atoms with Crippen LogP contribution < -0.4 is 10.4 Å². The Balaban J connectivity index is 1.66. The quantitative estimate of drug-likeness (QED) is 0.341. The second-order valence-electron chi connectivity index (χ2n) is 9.18. The Morgan fingerprint density at radius 3 is 1.71 bits per heavy atom. The summed E-state index contributed by atoms with van der Waals surface area (Å²) < 4.78 is 0. The van der Waals surface area contributed by atoms with Gasteiger partial charge in [-0.15, -0.1) is 0 Å². The molecule has 0 amide bonds. The first-order valence-corrected chi connectivity index (χ1v) is 11.9. The zero-order valence-corrected chi connectivity index (χ0v) is 19.0. The van der Waals surface area contributed by atoms with Crippen LogP contribution in [0.15, 0.2) is 121 Å². The molecule has 0 unspecified atom stereocenters. The molecule has 4 heteroatoms. The van der Waals surface area contributed by atoms with Gasteiger partial charge in [-0.05, 0) is 63.1 Å². The van der Waals surface area contributed by atoms with Crippen molar-refractivity contribution in [3.8, 4) is 11.1 Å². The van der Waals surface area contributed by atoms with Crippen LogP contribution in [0.4, 0.5) is 17.1 Å². The smallest absolute Gasteiger partial charge is 0.423 e. The lowest BCUT2D eigenvalue weighted by molar-refractivity contribution is 0.425. The topological polar surface area (TPSA) is 43.7 Å². The van der Waals surface area contributed by atoms with Gasteiger partial charge in [-0.3, -0.25) is 0 Å². The first-order valence-electron chi connectivity index (χ1n) is 11.9. The van der Waals surface area contributed by atoms with Crippen molar-refractivity contribution >= 4 is 29.6 Å². The van der Waals surface area contributed by atoms with E-state index >= 15 is 0 Å². The van der Waals surface area contributed by atoms with Gasteiger partial charge in [-0.1, -0.05) is 97.1 Å². The van der Waals surface area contributed by atoms with Gasteiger partial charge in [0.25, 0.3) is 0 Å². The Labute approximate surface area is 204 Å². The molecule has 0 aromatic heterocycles. The van der Waals surface area contributed by atoms with Crippen LogP contribution in [0.3, 0.4) is 0 Å². The van der Waals surface area contributed by atoms with E-state index in [-0.39, 0.29) is 0 Å². The van der Waals surface area contributed by atoms with E-state index in [1.54, 1.807) is 0 Å². The molecular weight excluding hydrogens is 429 g/mol. The molecule has 0 bridgehead atoms. The predicted octanol–water partition coefficient (Wildman–Crippen LogP) is 5.51. The fraction of sp³-hybridized carbons (Fsp3) is 0.0323. The van der Waals surface area contributed by atoms with E-state index in [2.05, 4.69) is 102 Å². The van der Waals surface area contributed by atoms with Crippen LogP contribution in [0.25, 0.3) is 11.1 Å². The summed E-state index contributed by atoms with van der Waals surface area (Å²) in [5, 5.41) is 20.2. The van der Waals surface area contributed by atoms with E-state index in [1.165, 1.54) is 22.3 Å². The normalized spacial score (nSPS) is 14.2. The van der Waals surface area contributed by atoms with Crippen molar-refractivity contribution in [1.29, 1.82) is 0 Å². The molecule has 35 heavy (non-hydrogen) atoms. The van der Waals surface area contributed by atoms with Crippen molar-refractivity contribution in [1.82, 2.24) is 0 Å². The van der Waals surface area contributed by atoms with Crippen LogP contribution in [0.5, 0.6) is 0 Å². The molecule has 5 aromatic carbocycles. The molecule has 0 saturated heterocycles. The lowest BCUT2D eigenvalue weighted by Gasteiger charge is -2.45. The van der Waals surface area contributed by atoms with Gasteiger partial charge in [0, 0.05) is 5.69 Å². The van der Waals surface area contributed by atoms with Crippen molar-refractivity contribution in [3.63, 3.8) is 0 Å². The molecule has 0 fully saturated rings. The number of anilines is 3. The summed E-state index contributed by atoms with van der Waals surface area (Å²) in [6.45, 7) is 0. The van der Waals surface area contributed by atoms with Crippen LogP contribution >= 0.6 is 0 Å². The number of nitrogens with zero attached hydrogens (tertiary/aromatic N) is 1. The average Bonchev–Trinajstić information content (AvgIpc) is 3.20. The predicted molar refractivity (Wildman–Crippen MR) is 142 cm³/mol. The Bertz CT molecular complexity index is 1550. The highest BCUT2D eigenvalue weighted by atomic mass is 16.4. The first kappa shape index (κ1) is 20.3. The summed E-state index contributed by atoms with van der Waals surface area (Å²) in [4.78, 5) is 2.33. The highest BCUT2D eigenvalue weighted by Crippen LogP contribution is 2.62. The van der Waals surface area contributed by atoms with E-state index in [9.17, 15) is 10.0 Å². The Kier molecular flexibility index (Phi) is 4.31. The van der Waals surface area contributed by atoms with Gasteiger partial charge < -0.3 is 14.9 Å². The number of fused-ring (bicyclic) bond motifs is 9. The number of para-hydroxylation sites is 3. The molecule has 5 aromatic rings. The van der Waals surface area contributed by atoms with Gasteiger partial charge in [-0.2, -0.15) is 0 Å². The number of rotatable bonds is 2. The second-order valence-corrected chi connectivity index (χ2v) is 9.18. The maximum Gasteiger partial charge on any atom is 0.488 e. The molecule has 0 radical (unpaired) electrons. The van der Waals surface area contributed by atoms with Crippen LogP contribution in [0, 0.1) is 0 Å². The third kappa shape index (κ3) is 2.64. The minimum atomic E-state index is -1.53. The monoisotopic (exact) mass is 451 g/mol. The van der Waals surface area contributed by atoms with Gasteiger partial charge >= 0.3 is 7.12 Å². The van der Waals surface area contributed by atoms with E-state index < -0.39 is 12.5 Å². The van der Waals surface area contributed by atoms with Gasteiger partial charge in [-0.25, -0.2) is 0 Å². The van der Waals surface area contributed by atoms with E-state index in [0.29, 0.717) is 5.46 Å². The average molecular weight is 451 g/mol. The Morgan fingerprint density at radius 1 is 0.514 bits per heavy atom. The summed E-state index contributed by atoms with van der Waals surface area (Å²) in [5.74, 6) is 0. The molecule has 1 spiro atoms. The van der Waals surface area contributed by atoms with Gasteiger partial charge in [0.2, 0.25) is 0 Å². The van der Waals surface area contributed by atoms with Crippen molar-refractivity contribution in [2.45, 2.75) is 5.41 Å². The van der Waals surface area contributed by atoms with E-state index in [1.807, 2.05) is 24.3 Å². The van der Waals surface area contributed by atoms with Gasteiger partial charge in [0.1, 0.15) is 0 Å². The SMILES string of the molecule is OB(O)c1ccc2c(c1)C1(c3ccccc3-2)c2ccccc2N(c2ccccc2)c2ccccc21. The summed E-state index contributed by atoms with van der Waals surface area (Å²) in [6, 6.07) is 42.0. The fourth-order valence-electron chi connectivity index (χ4n) is 6.14. The molecule has 0 atom stereocenters. The van der Waals surface area contributed by atoms with Crippen LogP contribution in [-0.4, -0.2) is 17.2 Å². The molecule has 1 aliphatic heterocycles. The molecule has 2 N–H and O–H groups in total. The lowest BCUT2D eigenvalue weighted by Crippen LogP contribution is -2.38. The summed E-state index contributed by atoms with van der Waals surface area (Å²) in [7, 11) is -1.53. The standard InChI is InChI=1S/C31H22BNO2/c34-32(35)21-18-19-24-23-12-4-5-13-25(23)31(28(24)20-21)26-14-6-8-16-29(26)33(22-10-2-1-3-11-22)30-17-9-7-15-27(30)31/h1-20,34-35H.